The van der Waals surface area contributed by atoms with Crippen LogP contribution in [0.25, 0.3) is 10.9 Å². The molecule has 4 rings (SSSR count). The van der Waals surface area contributed by atoms with Gasteiger partial charge in [-0.05, 0) is 60.4 Å². The molecule has 1 saturated carbocycles. The third-order valence-electron chi connectivity index (χ3n) is 6.88. The summed E-state index contributed by atoms with van der Waals surface area (Å²) in [5.74, 6) is -1.26. The van der Waals surface area contributed by atoms with Crippen LogP contribution in [0.15, 0.2) is 48.7 Å². The number of carbonyl (C=O) groups excluding carboxylic acids is 1. The van der Waals surface area contributed by atoms with E-state index in [9.17, 15) is 20.0 Å². The van der Waals surface area contributed by atoms with Gasteiger partial charge in [-0.1, -0.05) is 45.0 Å². The van der Waals surface area contributed by atoms with Gasteiger partial charge in [0.25, 0.3) is 5.91 Å². The van der Waals surface area contributed by atoms with E-state index in [4.69, 9.17) is 0 Å². The Morgan fingerprint density at radius 2 is 1.74 bits per heavy atom. The molecule has 3 aromatic rings. The van der Waals surface area contributed by atoms with Crippen LogP contribution in [-0.4, -0.2) is 27.6 Å². The van der Waals surface area contributed by atoms with Crippen LogP contribution in [0.5, 0.6) is 0 Å². The lowest BCUT2D eigenvalue weighted by Gasteiger charge is -2.27. The molecule has 34 heavy (non-hydrogen) atoms. The van der Waals surface area contributed by atoms with Gasteiger partial charge in [0.15, 0.2) is 0 Å². The van der Waals surface area contributed by atoms with E-state index in [0.29, 0.717) is 43.4 Å². The van der Waals surface area contributed by atoms with Gasteiger partial charge in [-0.3, -0.25) is 9.59 Å². The smallest absolute Gasteiger partial charge is 0.306 e. The molecule has 0 spiro atoms. The van der Waals surface area contributed by atoms with E-state index >= 15 is 0 Å². The molecule has 0 aliphatic heterocycles. The Morgan fingerprint density at radius 1 is 1.06 bits per heavy atom. The van der Waals surface area contributed by atoms with Crippen molar-refractivity contribution in [1.29, 1.82) is 5.26 Å². The van der Waals surface area contributed by atoms with Gasteiger partial charge >= 0.3 is 5.97 Å². The number of carboxylic acid groups (broad SMARTS) is 1. The molecule has 1 aliphatic rings. The van der Waals surface area contributed by atoms with Crippen molar-refractivity contribution in [3.63, 3.8) is 0 Å². The van der Waals surface area contributed by atoms with Crippen LogP contribution < -0.4 is 5.32 Å². The number of hydrogen-bond donors (Lipinski definition) is 2. The van der Waals surface area contributed by atoms with Crippen LogP contribution in [0.1, 0.15) is 73.5 Å². The lowest BCUT2D eigenvalue weighted by molar-refractivity contribution is -0.142. The highest BCUT2D eigenvalue weighted by molar-refractivity contribution is 6.07. The zero-order chi connectivity index (χ0) is 24.5. The summed E-state index contributed by atoms with van der Waals surface area (Å²) < 4.78 is 2.03. The SMILES string of the molecule is CC(C)(C)c1ccc(Cn2ccc3c(C#N)ccc(C(=O)NC4CCC(C(=O)O)CC4)c32)cc1. The van der Waals surface area contributed by atoms with E-state index in [1.165, 1.54) is 5.56 Å². The molecule has 1 aromatic heterocycles. The fraction of sp³-hybridized carbons (Fsp3) is 0.393. The van der Waals surface area contributed by atoms with Crippen LogP contribution in [0, 0.1) is 17.2 Å². The summed E-state index contributed by atoms with van der Waals surface area (Å²) in [6.45, 7) is 7.14. The van der Waals surface area contributed by atoms with Gasteiger partial charge in [0.1, 0.15) is 0 Å². The van der Waals surface area contributed by atoms with E-state index in [2.05, 4.69) is 56.4 Å². The highest BCUT2D eigenvalue weighted by atomic mass is 16.4. The van der Waals surface area contributed by atoms with E-state index in [0.717, 1.165) is 16.5 Å². The number of rotatable bonds is 5. The fourth-order valence-electron chi connectivity index (χ4n) is 4.79. The first-order chi connectivity index (χ1) is 16.2. The second kappa shape index (κ2) is 9.34. The molecule has 0 unspecified atom stereocenters. The summed E-state index contributed by atoms with van der Waals surface area (Å²) in [4.78, 5) is 24.5. The van der Waals surface area contributed by atoms with Crippen molar-refractivity contribution < 1.29 is 14.7 Å². The summed E-state index contributed by atoms with van der Waals surface area (Å²) in [5, 5.41) is 22.7. The summed E-state index contributed by atoms with van der Waals surface area (Å²) in [5.41, 5.74) is 4.27. The molecule has 1 amide bonds. The fourth-order valence-corrected chi connectivity index (χ4v) is 4.79. The Labute approximate surface area is 200 Å². The highest BCUT2D eigenvalue weighted by Gasteiger charge is 2.27. The summed E-state index contributed by atoms with van der Waals surface area (Å²) in [6, 6.07) is 16.0. The largest absolute Gasteiger partial charge is 0.481 e. The number of nitrogens with zero attached hydrogens (tertiary/aromatic N) is 2. The van der Waals surface area contributed by atoms with Crippen LogP contribution in [-0.2, 0) is 16.8 Å². The zero-order valence-corrected chi connectivity index (χ0v) is 20.0. The molecule has 0 saturated heterocycles. The Hall–Kier alpha value is -3.59. The maximum Gasteiger partial charge on any atom is 0.306 e. The molecule has 0 radical (unpaired) electrons. The highest BCUT2D eigenvalue weighted by Crippen LogP contribution is 2.28. The quantitative estimate of drug-likeness (QED) is 0.548. The van der Waals surface area contributed by atoms with E-state index in [1.807, 2.05) is 16.8 Å². The number of aliphatic carboxylic acids is 1. The van der Waals surface area contributed by atoms with Crippen LogP contribution in [0.3, 0.4) is 0 Å². The monoisotopic (exact) mass is 457 g/mol. The molecular formula is C28H31N3O3. The normalized spacial score (nSPS) is 18.4. The van der Waals surface area contributed by atoms with Gasteiger partial charge in [0.2, 0.25) is 0 Å². The molecular weight excluding hydrogens is 426 g/mol. The number of carboxylic acids is 1. The van der Waals surface area contributed by atoms with Gasteiger partial charge in [0, 0.05) is 24.2 Å². The Morgan fingerprint density at radius 3 is 2.32 bits per heavy atom. The first-order valence-corrected chi connectivity index (χ1v) is 11.8. The number of benzene rings is 2. The average Bonchev–Trinajstić information content (AvgIpc) is 3.22. The second-order valence-electron chi connectivity index (χ2n) is 10.3. The first-order valence-electron chi connectivity index (χ1n) is 11.8. The van der Waals surface area contributed by atoms with Crippen LogP contribution >= 0.6 is 0 Å². The molecule has 1 aliphatic carbocycles. The lowest BCUT2D eigenvalue weighted by Crippen LogP contribution is -2.38. The topological polar surface area (TPSA) is 95.1 Å². The molecule has 0 atom stereocenters. The van der Waals surface area contributed by atoms with Gasteiger partial charge < -0.3 is 15.0 Å². The van der Waals surface area contributed by atoms with Crippen molar-refractivity contribution in [3.05, 3.63) is 70.9 Å². The number of carbonyl (C=O) groups is 2. The Kier molecular flexibility index (Phi) is 6.47. The third-order valence-corrected chi connectivity index (χ3v) is 6.88. The number of nitriles is 1. The molecule has 1 heterocycles. The van der Waals surface area contributed by atoms with Gasteiger partial charge in [-0.2, -0.15) is 5.26 Å². The number of aromatic nitrogens is 1. The number of nitrogens with one attached hydrogen (secondary N) is 1. The molecule has 6 heteroatoms. The van der Waals surface area contributed by atoms with E-state index < -0.39 is 5.97 Å². The predicted octanol–water partition coefficient (Wildman–Crippen LogP) is 5.23. The number of hydrogen-bond acceptors (Lipinski definition) is 3. The van der Waals surface area contributed by atoms with Crippen molar-refractivity contribution >= 4 is 22.8 Å². The third kappa shape index (κ3) is 4.84. The predicted molar refractivity (Wildman–Crippen MR) is 132 cm³/mol. The van der Waals surface area contributed by atoms with E-state index in [1.54, 1.807) is 12.1 Å². The minimum atomic E-state index is -0.757. The molecule has 2 aromatic carbocycles. The van der Waals surface area contributed by atoms with Crippen molar-refractivity contribution in [3.8, 4) is 6.07 Å². The average molecular weight is 458 g/mol. The molecule has 0 bridgehead atoms. The standard InChI is InChI=1S/C28H31N3O3/c1-28(2,3)21-9-4-18(5-10-21)17-31-15-14-23-20(16-29)8-13-24(25(23)31)26(32)30-22-11-6-19(7-12-22)27(33)34/h4-5,8-10,13-15,19,22H,6-7,11-12,17H2,1-3H3,(H,30,32)(H,33,34). The van der Waals surface area contributed by atoms with Crippen molar-refractivity contribution in [1.82, 2.24) is 9.88 Å². The van der Waals surface area contributed by atoms with E-state index in [-0.39, 0.29) is 23.3 Å². The molecule has 176 valence electrons. The maximum atomic E-state index is 13.3. The molecule has 1 fully saturated rings. The van der Waals surface area contributed by atoms with Crippen molar-refractivity contribution in [2.75, 3.05) is 0 Å². The summed E-state index contributed by atoms with van der Waals surface area (Å²) in [6.07, 6.45) is 4.39. The van der Waals surface area contributed by atoms with Crippen LogP contribution in [0.2, 0.25) is 0 Å². The Bertz CT molecular complexity index is 1250. The minimum Gasteiger partial charge on any atom is -0.481 e. The van der Waals surface area contributed by atoms with Gasteiger partial charge in [-0.15, -0.1) is 0 Å². The maximum absolute atomic E-state index is 13.3. The molecule has 2 N–H and O–H groups in total. The van der Waals surface area contributed by atoms with Crippen molar-refractivity contribution in [2.24, 2.45) is 5.92 Å². The Balaban J connectivity index is 1.60. The van der Waals surface area contributed by atoms with Gasteiger partial charge in [-0.25, -0.2) is 0 Å². The molecule has 6 nitrogen and oxygen atoms in total. The second-order valence-corrected chi connectivity index (χ2v) is 10.3. The number of amides is 1. The lowest BCUT2D eigenvalue weighted by atomic mass is 9.86. The van der Waals surface area contributed by atoms with Crippen molar-refractivity contribution in [2.45, 2.75) is 64.5 Å². The number of fused-ring (bicyclic) bond motifs is 1. The summed E-state index contributed by atoms with van der Waals surface area (Å²) in [7, 11) is 0. The zero-order valence-electron chi connectivity index (χ0n) is 20.0. The van der Waals surface area contributed by atoms with Crippen LogP contribution in [0.4, 0.5) is 0 Å². The minimum absolute atomic E-state index is 0.0397. The summed E-state index contributed by atoms with van der Waals surface area (Å²) >= 11 is 0. The first kappa shape index (κ1) is 23.6. The van der Waals surface area contributed by atoms with Gasteiger partial charge in [0.05, 0.1) is 28.6 Å².